The topological polar surface area (TPSA) is 129 Å². The Morgan fingerprint density at radius 1 is 1.18 bits per heavy atom. The fourth-order valence-corrected chi connectivity index (χ4v) is 2.84. The van der Waals surface area contributed by atoms with E-state index in [1.807, 2.05) is 0 Å². The molecule has 4 N–H and O–H groups in total. The molecule has 8 nitrogen and oxygen atoms in total. The number of halogens is 1. The molecule has 0 amide bonds. The van der Waals surface area contributed by atoms with Gasteiger partial charge in [-0.05, 0) is 19.4 Å². The second-order valence-corrected chi connectivity index (χ2v) is 6.60. The first kappa shape index (κ1) is 21.7. The fourth-order valence-electron chi connectivity index (χ4n) is 2.63. The normalized spacial score (nSPS) is 25.1. The highest BCUT2D eigenvalue weighted by molar-refractivity contribution is 6.34. The van der Waals surface area contributed by atoms with Crippen LogP contribution in [-0.4, -0.2) is 57.5 Å². The maximum absolute atomic E-state index is 12.5. The molecule has 2 rings (SSSR count). The summed E-state index contributed by atoms with van der Waals surface area (Å²) in [7, 11) is 1.31. The van der Waals surface area contributed by atoms with Crippen LogP contribution in [0.3, 0.4) is 0 Å². The van der Waals surface area contributed by atoms with Gasteiger partial charge in [-0.1, -0.05) is 35.0 Å². The highest BCUT2D eigenvalue weighted by atomic mass is 35.5. The van der Waals surface area contributed by atoms with E-state index >= 15 is 0 Å². The van der Waals surface area contributed by atoms with Crippen molar-refractivity contribution in [2.24, 2.45) is 5.16 Å². The first-order valence-corrected chi connectivity index (χ1v) is 8.89. The van der Waals surface area contributed by atoms with Gasteiger partial charge in [0.15, 0.2) is 0 Å². The minimum Gasteiger partial charge on any atom is -0.507 e. The number of hydrogen-bond donors (Lipinski definition) is 4. The highest BCUT2D eigenvalue weighted by Crippen LogP contribution is 2.37. The van der Waals surface area contributed by atoms with Crippen LogP contribution in [-0.2, 0) is 9.57 Å². The van der Waals surface area contributed by atoms with E-state index in [0.29, 0.717) is 0 Å². The zero-order chi connectivity index (χ0) is 20.8. The molecule has 9 heteroatoms. The van der Waals surface area contributed by atoms with Crippen LogP contribution < -0.4 is 0 Å². The molecule has 152 valence electrons. The van der Waals surface area contributed by atoms with Crippen LogP contribution in [0.25, 0.3) is 6.08 Å². The van der Waals surface area contributed by atoms with Crippen molar-refractivity contribution in [3.63, 3.8) is 0 Å². The summed E-state index contributed by atoms with van der Waals surface area (Å²) < 4.78 is 5.33. The molecule has 0 unspecified atom stereocenters. The molecule has 0 spiro atoms. The summed E-state index contributed by atoms with van der Waals surface area (Å²) in [6.45, 7) is 1.64. The molecule has 1 heterocycles. The number of esters is 1. The van der Waals surface area contributed by atoms with Gasteiger partial charge in [0.1, 0.15) is 42.1 Å². The van der Waals surface area contributed by atoms with E-state index in [1.54, 1.807) is 13.0 Å². The first-order chi connectivity index (χ1) is 13.3. The van der Waals surface area contributed by atoms with E-state index < -0.39 is 35.8 Å². The lowest BCUT2D eigenvalue weighted by atomic mass is 10.0. The first-order valence-electron chi connectivity index (χ1n) is 8.51. The Bertz CT molecular complexity index is 819. The molecule has 0 bridgehead atoms. The van der Waals surface area contributed by atoms with Crippen molar-refractivity contribution < 1.29 is 34.8 Å². The van der Waals surface area contributed by atoms with Gasteiger partial charge in [0.05, 0.1) is 11.1 Å². The van der Waals surface area contributed by atoms with Gasteiger partial charge in [-0.3, -0.25) is 0 Å². The van der Waals surface area contributed by atoms with Gasteiger partial charge in [-0.15, -0.1) is 0 Å². The Hall–Kier alpha value is -2.55. The Morgan fingerprint density at radius 2 is 1.86 bits per heavy atom. The molecule has 0 aromatic heterocycles. The van der Waals surface area contributed by atoms with Crippen LogP contribution in [0.5, 0.6) is 11.5 Å². The van der Waals surface area contributed by atoms with Gasteiger partial charge in [0, 0.05) is 18.1 Å². The fraction of sp³-hybridized carbons (Fsp3) is 0.368. The SMILES string of the molecule is CON=C1C=CC[C@H](C)OC(=O)c2c(O)cc(O)c(Cl)c2C=CC[C@H](O)[C@@H]1O. The number of nitrogens with zero attached hydrogens (tertiary/aromatic N) is 1. The summed E-state index contributed by atoms with van der Waals surface area (Å²) in [6, 6.07) is 0.954. The van der Waals surface area contributed by atoms with Crippen molar-refractivity contribution in [2.75, 3.05) is 7.11 Å². The third-order valence-corrected chi connectivity index (χ3v) is 4.45. The third kappa shape index (κ3) is 5.03. The number of benzene rings is 1. The smallest absolute Gasteiger partial charge is 0.342 e. The number of aromatic hydroxyl groups is 2. The van der Waals surface area contributed by atoms with Crippen LogP contribution in [0.15, 0.2) is 29.5 Å². The lowest BCUT2D eigenvalue weighted by Gasteiger charge is -2.18. The number of cyclic esters (lactones) is 1. The van der Waals surface area contributed by atoms with Crippen molar-refractivity contribution in [2.45, 2.75) is 38.1 Å². The Morgan fingerprint density at radius 3 is 2.54 bits per heavy atom. The van der Waals surface area contributed by atoms with Gasteiger partial charge < -0.3 is 30.0 Å². The van der Waals surface area contributed by atoms with Crippen LogP contribution >= 0.6 is 11.6 Å². The summed E-state index contributed by atoms with van der Waals surface area (Å²) in [5.74, 6) is -1.72. The summed E-state index contributed by atoms with van der Waals surface area (Å²) in [5.41, 5.74) is -0.0623. The molecule has 1 aromatic carbocycles. The summed E-state index contributed by atoms with van der Waals surface area (Å²) >= 11 is 6.09. The predicted octanol–water partition coefficient (Wildman–Crippen LogP) is 2.38. The van der Waals surface area contributed by atoms with Gasteiger partial charge in [0.25, 0.3) is 0 Å². The molecule has 0 aliphatic carbocycles. The van der Waals surface area contributed by atoms with Gasteiger partial charge in [-0.2, -0.15) is 0 Å². The van der Waals surface area contributed by atoms with Crippen molar-refractivity contribution in [1.82, 2.24) is 0 Å². The highest BCUT2D eigenvalue weighted by Gasteiger charge is 2.25. The molecule has 3 atom stereocenters. The standard InChI is InChI=1S/C19H22ClNO7/c1-10-5-3-7-12(21-27-2)18(25)13(22)8-4-6-11-16(19(26)28-10)14(23)9-15(24)17(11)20/h3-4,6-7,9-10,13,18,22-25H,5,8H2,1-2H3/t10-,13-,18+/m0/s1. The maximum atomic E-state index is 12.5. The number of aliphatic hydroxyl groups excluding tert-OH is 2. The third-order valence-electron chi connectivity index (χ3n) is 4.06. The average molecular weight is 412 g/mol. The van der Waals surface area contributed by atoms with Crippen molar-refractivity contribution in [3.8, 4) is 11.5 Å². The van der Waals surface area contributed by atoms with Gasteiger partial charge >= 0.3 is 5.97 Å². The van der Waals surface area contributed by atoms with Crippen LogP contribution in [0.4, 0.5) is 0 Å². The predicted molar refractivity (Wildman–Crippen MR) is 104 cm³/mol. The quantitative estimate of drug-likeness (QED) is 0.412. The van der Waals surface area contributed by atoms with Crippen molar-refractivity contribution >= 4 is 29.4 Å². The van der Waals surface area contributed by atoms with E-state index in [2.05, 4.69) is 5.16 Å². The monoisotopic (exact) mass is 411 g/mol. The molecule has 1 aromatic rings. The minimum absolute atomic E-state index is 0.0324. The Balaban J connectivity index is 2.51. The molecule has 28 heavy (non-hydrogen) atoms. The number of phenolic OH excluding ortho intramolecular Hbond substituents is 2. The zero-order valence-electron chi connectivity index (χ0n) is 15.4. The molecule has 0 saturated heterocycles. The summed E-state index contributed by atoms with van der Waals surface area (Å²) in [6.07, 6.45) is 2.98. The minimum atomic E-state index is -1.32. The van der Waals surface area contributed by atoms with Crippen LogP contribution in [0.2, 0.25) is 5.02 Å². The molecule has 1 aliphatic rings. The van der Waals surface area contributed by atoms with E-state index in [1.165, 1.54) is 25.3 Å². The number of carbonyl (C=O) groups excluding carboxylic acids is 1. The van der Waals surface area contributed by atoms with E-state index in [-0.39, 0.29) is 34.7 Å². The number of aliphatic hydroxyl groups is 2. The average Bonchev–Trinajstić information content (AvgIpc) is 2.63. The largest absolute Gasteiger partial charge is 0.507 e. The van der Waals surface area contributed by atoms with E-state index in [9.17, 15) is 25.2 Å². The van der Waals surface area contributed by atoms with Crippen LogP contribution in [0, 0.1) is 0 Å². The lowest BCUT2D eigenvalue weighted by Crippen LogP contribution is -2.32. The number of carbonyl (C=O) groups is 1. The van der Waals surface area contributed by atoms with Crippen molar-refractivity contribution in [3.05, 3.63) is 40.4 Å². The number of fused-ring (bicyclic) bond motifs is 1. The van der Waals surface area contributed by atoms with Gasteiger partial charge in [0.2, 0.25) is 0 Å². The number of ether oxygens (including phenoxy) is 1. The second kappa shape index (κ2) is 9.59. The molecular weight excluding hydrogens is 390 g/mol. The van der Waals surface area contributed by atoms with Crippen molar-refractivity contribution in [1.29, 1.82) is 0 Å². The number of phenols is 2. The number of rotatable bonds is 1. The zero-order valence-corrected chi connectivity index (χ0v) is 16.1. The lowest BCUT2D eigenvalue weighted by molar-refractivity contribution is 0.0344. The maximum Gasteiger partial charge on any atom is 0.342 e. The Kier molecular flexibility index (Phi) is 7.45. The summed E-state index contributed by atoms with van der Waals surface area (Å²) in [5, 5.41) is 44.0. The number of hydrogen-bond acceptors (Lipinski definition) is 8. The van der Waals surface area contributed by atoms with E-state index in [0.717, 1.165) is 6.07 Å². The molecule has 1 aliphatic heterocycles. The molecule has 0 radical (unpaired) electrons. The molecular formula is C19H22ClNO7. The van der Waals surface area contributed by atoms with Gasteiger partial charge in [-0.25, -0.2) is 4.79 Å². The van der Waals surface area contributed by atoms with E-state index in [4.69, 9.17) is 21.2 Å². The molecule has 0 saturated carbocycles. The van der Waals surface area contributed by atoms with Crippen LogP contribution in [0.1, 0.15) is 35.7 Å². The summed E-state index contributed by atoms with van der Waals surface area (Å²) in [4.78, 5) is 17.2. The second-order valence-electron chi connectivity index (χ2n) is 6.22. The Labute approximate surface area is 167 Å². The molecule has 0 fully saturated rings. The number of oxime groups is 1.